The third-order valence-corrected chi connectivity index (χ3v) is 2.97. The fourth-order valence-electron chi connectivity index (χ4n) is 1.84. The maximum Gasteiger partial charge on any atom is 0.229 e. The quantitative estimate of drug-likeness (QED) is 0.784. The van der Waals surface area contributed by atoms with Crippen LogP contribution in [0.4, 0.5) is 5.95 Å². The Balaban J connectivity index is 1.75. The first-order valence-electron chi connectivity index (χ1n) is 6.49. The second-order valence-electron chi connectivity index (χ2n) is 5.63. The number of aromatic nitrogens is 6. The summed E-state index contributed by atoms with van der Waals surface area (Å²) in [6.07, 6.45) is 3.86. The van der Waals surface area contributed by atoms with Crippen LogP contribution in [-0.2, 0) is 12.1 Å². The van der Waals surface area contributed by atoms with Crippen LogP contribution in [0.15, 0.2) is 30.6 Å². The van der Waals surface area contributed by atoms with E-state index in [1.54, 1.807) is 0 Å². The van der Waals surface area contributed by atoms with Crippen LogP contribution in [0.3, 0.4) is 0 Å². The van der Waals surface area contributed by atoms with E-state index in [9.17, 15) is 0 Å². The zero-order valence-electron chi connectivity index (χ0n) is 11.8. The van der Waals surface area contributed by atoms with Crippen LogP contribution >= 0.6 is 0 Å². The van der Waals surface area contributed by atoms with Gasteiger partial charge in [-0.15, -0.1) is 15.3 Å². The Hall–Kier alpha value is -2.44. The van der Waals surface area contributed by atoms with E-state index in [4.69, 9.17) is 0 Å². The molecule has 0 radical (unpaired) electrons. The molecule has 3 heterocycles. The van der Waals surface area contributed by atoms with Gasteiger partial charge in [-0.3, -0.25) is 4.40 Å². The number of pyridine rings is 1. The number of nitrogens with zero attached hydrogens (tertiary/aromatic N) is 6. The van der Waals surface area contributed by atoms with E-state index in [0.717, 1.165) is 11.3 Å². The molecule has 1 N–H and O–H groups in total. The van der Waals surface area contributed by atoms with Gasteiger partial charge in [0.05, 0.1) is 18.3 Å². The first-order chi connectivity index (χ1) is 9.54. The standard InChI is InChI=1S/C13H17N7/c1-13(2,3)20-9-10(15-18-20)8-14-12-17-16-11-6-4-5-7-19(11)12/h4-7,9H,8H2,1-3H3,(H,14,17). The van der Waals surface area contributed by atoms with Crippen LogP contribution < -0.4 is 5.32 Å². The summed E-state index contributed by atoms with van der Waals surface area (Å²) in [5.41, 5.74) is 1.62. The van der Waals surface area contributed by atoms with Gasteiger partial charge in [-0.25, -0.2) is 4.68 Å². The van der Waals surface area contributed by atoms with Gasteiger partial charge in [0.2, 0.25) is 5.95 Å². The molecule has 7 heteroatoms. The monoisotopic (exact) mass is 271 g/mol. The van der Waals surface area contributed by atoms with Gasteiger partial charge in [-0.2, -0.15) is 0 Å². The van der Waals surface area contributed by atoms with E-state index < -0.39 is 0 Å². The molecule has 0 spiro atoms. The minimum Gasteiger partial charge on any atom is -0.348 e. The number of fused-ring (bicyclic) bond motifs is 1. The molecule has 7 nitrogen and oxygen atoms in total. The lowest BCUT2D eigenvalue weighted by molar-refractivity contribution is 0.347. The number of hydrogen-bond donors (Lipinski definition) is 1. The van der Waals surface area contributed by atoms with Crippen molar-refractivity contribution in [3.05, 3.63) is 36.3 Å². The Bertz CT molecular complexity index is 719. The molecule has 0 bridgehead atoms. The van der Waals surface area contributed by atoms with E-state index in [2.05, 4.69) is 46.6 Å². The second-order valence-corrected chi connectivity index (χ2v) is 5.63. The van der Waals surface area contributed by atoms with Crippen LogP contribution in [0, 0.1) is 0 Å². The fraction of sp³-hybridized carbons (Fsp3) is 0.385. The topological polar surface area (TPSA) is 72.9 Å². The molecule has 0 saturated heterocycles. The lowest BCUT2D eigenvalue weighted by Gasteiger charge is -2.17. The van der Waals surface area contributed by atoms with Crippen LogP contribution in [0.25, 0.3) is 5.65 Å². The van der Waals surface area contributed by atoms with Gasteiger partial charge in [0.25, 0.3) is 0 Å². The first-order valence-corrected chi connectivity index (χ1v) is 6.49. The molecule has 0 amide bonds. The summed E-state index contributed by atoms with van der Waals surface area (Å²) in [6.45, 7) is 6.83. The lowest BCUT2D eigenvalue weighted by Crippen LogP contribution is -2.22. The maximum atomic E-state index is 4.16. The summed E-state index contributed by atoms with van der Waals surface area (Å²) < 4.78 is 3.75. The van der Waals surface area contributed by atoms with Gasteiger partial charge >= 0.3 is 0 Å². The molecule has 3 aromatic rings. The zero-order valence-corrected chi connectivity index (χ0v) is 11.8. The highest BCUT2D eigenvalue weighted by Crippen LogP contribution is 2.13. The summed E-state index contributed by atoms with van der Waals surface area (Å²) in [5, 5.41) is 19.7. The van der Waals surface area contributed by atoms with E-state index in [1.165, 1.54) is 0 Å². The smallest absolute Gasteiger partial charge is 0.229 e. The lowest BCUT2D eigenvalue weighted by atomic mass is 10.1. The molecule has 0 atom stereocenters. The average Bonchev–Trinajstić information content (AvgIpc) is 3.02. The summed E-state index contributed by atoms with van der Waals surface area (Å²) in [4.78, 5) is 0. The average molecular weight is 271 g/mol. The van der Waals surface area contributed by atoms with Crippen molar-refractivity contribution in [3.8, 4) is 0 Å². The second kappa shape index (κ2) is 4.59. The zero-order chi connectivity index (χ0) is 14.2. The van der Waals surface area contributed by atoms with Crippen molar-refractivity contribution in [2.24, 2.45) is 0 Å². The summed E-state index contributed by atoms with van der Waals surface area (Å²) in [5.74, 6) is 0.700. The SMILES string of the molecule is CC(C)(C)n1cc(CNc2nnc3ccccn23)nn1. The van der Waals surface area contributed by atoms with Gasteiger partial charge in [0.15, 0.2) is 5.65 Å². The molecule has 0 aliphatic rings. The van der Waals surface area contributed by atoms with E-state index in [-0.39, 0.29) is 5.54 Å². The van der Waals surface area contributed by atoms with Crippen molar-refractivity contribution in [1.82, 2.24) is 29.6 Å². The van der Waals surface area contributed by atoms with Gasteiger partial charge < -0.3 is 5.32 Å². The Morgan fingerprint density at radius 2 is 2.00 bits per heavy atom. The molecule has 0 unspecified atom stereocenters. The molecule has 0 aliphatic carbocycles. The number of rotatable bonds is 3. The Morgan fingerprint density at radius 3 is 2.75 bits per heavy atom. The van der Waals surface area contributed by atoms with E-state index in [1.807, 2.05) is 39.7 Å². The Kier molecular flexibility index (Phi) is 2.89. The molecule has 0 fully saturated rings. The fourth-order valence-corrected chi connectivity index (χ4v) is 1.84. The molecule has 0 saturated carbocycles. The largest absolute Gasteiger partial charge is 0.348 e. The van der Waals surface area contributed by atoms with Crippen LogP contribution in [0.5, 0.6) is 0 Å². The predicted octanol–water partition coefficient (Wildman–Crippen LogP) is 1.69. The van der Waals surface area contributed by atoms with Crippen LogP contribution in [0.2, 0.25) is 0 Å². The third kappa shape index (κ3) is 2.34. The molecular weight excluding hydrogens is 254 g/mol. The maximum absolute atomic E-state index is 4.16. The molecule has 20 heavy (non-hydrogen) atoms. The molecule has 0 aromatic carbocycles. The molecule has 3 aromatic heterocycles. The number of anilines is 1. The van der Waals surface area contributed by atoms with Gasteiger partial charge in [-0.05, 0) is 32.9 Å². The number of hydrogen-bond acceptors (Lipinski definition) is 5. The summed E-state index contributed by atoms with van der Waals surface area (Å²) >= 11 is 0. The molecule has 3 rings (SSSR count). The van der Waals surface area contributed by atoms with Gasteiger partial charge in [0, 0.05) is 6.20 Å². The molecule has 104 valence electrons. The van der Waals surface area contributed by atoms with Crippen LogP contribution in [0.1, 0.15) is 26.5 Å². The van der Waals surface area contributed by atoms with Crippen molar-refractivity contribution in [1.29, 1.82) is 0 Å². The van der Waals surface area contributed by atoms with Crippen molar-refractivity contribution in [3.63, 3.8) is 0 Å². The predicted molar refractivity (Wildman–Crippen MR) is 75.3 cm³/mol. The minimum atomic E-state index is -0.0627. The van der Waals surface area contributed by atoms with Gasteiger partial charge in [0.1, 0.15) is 5.69 Å². The van der Waals surface area contributed by atoms with Crippen molar-refractivity contribution in [2.75, 3.05) is 5.32 Å². The Labute approximate surface area is 116 Å². The highest BCUT2D eigenvalue weighted by Gasteiger charge is 2.15. The van der Waals surface area contributed by atoms with Crippen molar-refractivity contribution < 1.29 is 0 Å². The van der Waals surface area contributed by atoms with Gasteiger partial charge in [-0.1, -0.05) is 11.3 Å². The minimum absolute atomic E-state index is 0.0627. The van der Waals surface area contributed by atoms with E-state index >= 15 is 0 Å². The van der Waals surface area contributed by atoms with Crippen molar-refractivity contribution >= 4 is 11.6 Å². The Morgan fingerprint density at radius 1 is 1.15 bits per heavy atom. The van der Waals surface area contributed by atoms with Crippen LogP contribution in [-0.4, -0.2) is 29.6 Å². The summed E-state index contributed by atoms with van der Waals surface area (Å²) in [6, 6.07) is 5.79. The molecular formula is C13H17N7. The highest BCUT2D eigenvalue weighted by atomic mass is 15.4. The summed E-state index contributed by atoms with van der Waals surface area (Å²) in [7, 11) is 0. The first kappa shape index (κ1) is 12.6. The number of nitrogens with one attached hydrogen (secondary N) is 1. The normalized spacial score (nSPS) is 11.9. The third-order valence-electron chi connectivity index (χ3n) is 2.97. The van der Waals surface area contributed by atoms with Crippen molar-refractivity contribution in [2.45, 2.75) is 32.9 Å². The highest BCUT2D eigenvalue weighted by molar-refractivity contribution is 5.44. The molecule has 0 aliphatic heterocycles. The van der Waals surface area contributed by atoms with E-state index in [0.29, 0.717) is 12.5 Å².